The lowest BCUT2D eigenvalue weighted by molar-refractivity contribution is -0.384. The summed E-state index contributed by atoms with van der Waals surface area (Å²) >= 11 is 1.79. The van der Waals surface area contributed by atoms with Crippen LogP contribution >= 0.6 is 11.3 Å². The molecule has 0 amide bonds. The van der Waals surface area contributed by atoms with Crippen LogP contribution in [-0.4, -0.2) is 47.5 Å². The van der Waals surface area contributed by atoms with Gasteiger partial charge in [-0.1, -0.05) is 0 Å². The Balaban J connectivity index is 1.61. The van der Waals surface area contributed by atoms with Crippen molar-refractivity contribution < 1.29 is 14.5 Å². The number of hydrogen-bond acceptors (Lipinski definition) is 8. The molecule has 0 spiro atoms. The molecule has 0 saturated carbocycles. The molecular weight excluding hydrogens is 344 g/mol. The molecule has 0 fully saturated rings. The molecule has 9 heteroatoms. The molecule has 0 aromatic carbocycles. The minimum atomic E-state index is -0.651. The zero-order valence-corrected chi connectivity index (χ0v) is 14.5. The first-order valence-electron chi connectivity index (χ1n) is 7.82. The fraction of sp³-hybridized carbons (Fsp3) is 0.375. The Morgan fingerprint density at radius 1 is 1.56 bits per heavy atom. The number of hydrogen-bond donors (Lipinski definition) is 1. The van der Waals surface area contributed by atoms with Crippen molar-refractivity contribution in [3.8, 4) is 0 Å². The van der Waals surface area contributed by atoms with Gasteiger partial charge in [-0.15, -0.1) is 11.3 Å². The van der Waals surface area contributed by atoms with Crippen LogP contribution in [0.1, 0.15) is 20.8 Å². The Morgan fingerprint density at radius 3 is 3.16 bits per heavy atom. The second-order valence-electron chi connectivity index (χ2n) is 5.66. The Labute approximate surface area is 148 Å². The predicted octanol–water partition coefficient (Wildman–Crippen LogP) is 2.31. The highest BCUT2D eigenvalue weighted by Crippen LogP contribution is 2.25. The van der Waals surface area contributed by atoms with Crippen LogP contribution < -0.4 is 5.32 Å². The highest BCUT2D eigenvalue weighted by atomic mass is 32.1. The van der Waals surface area contributed by atoms with E-state index in [1.165, 1.54) is 29.8 Å². The van der Waals surface area contributed by atoms with Crippen molar-refractivity contribution in [2.24, 2.45) is 0 Å². The molecule has 0 atom stereocenters. The van der Waals surface area contributed by atoms with Gasteiger partial charge in [0.05, 0.1) is 17.6 Å². The first-order chi connectivity index (χ1) is 12.1. The van der Waals surface area contributed by atoms with E-state index in [9.17, 15) is 14.9 Å². The summed E-state index contributed by atoms with van der Waals surface area (Å²) in [6.07, 6.45) is 2.32. The average Bonchev–Trinajstić information content (AvgIpc) is 3.09. The average molecular weight is 362 g/mol. The number of nitrogens with one attached hydrogen (secondary N) is 1. The van der Waals surface area contributed by atoms with Crippen molar-refractivity contribution in [1.29, 1.82) is 0 Å². The normalized spacial score (nSPS) is 14.0. The molecule has 1 aliphatic heterocycles. The van der Waals surface area contributed by atoms with Crippen LogP contribution in [0.4, 0.5) is 11.5 Å². The third-order valence-corrected chi connectivity index (χ3v) is 5.12. The van der Waals surface area contributed by atoms with Gasteiger partial charge in [0.1, 0.15) is 0 Å². The number of anilines is 1. The smallest absolute Gasteiger partial charge is 0.339 e. The molecule has 0 aliphatic carbocycles. The lowest BCUT2D eigenvalue weighted by atomic mass is 10.1. The van der Waals surface area contributed by atoms with E-state index in [1.54, 1.807) is 11.3 Å². The number of carbonyl (C=O) groups excluding carboxylic acids is 1. The maximum atomic E-state index is 11.5. The van der Waals surface area contributed by atoms with E-state index >= 15 is 0 Å². The number of pyridine rings is 1. The summed E-state index contributed by atoms with van der Waals surface area (Å²) in [6, 6.07) is 3.33. The number of nitrogens with zero attached hydrogens (tertiary/aromatic N) is 3. The van der Waals surface area contributed by atoms with Gasteiger partial charge >= 0.3 is 11.7 Å². The van der Waals surface area contributed by atoms with Gasteiger partial charge in [0.25, 0.3) is 0 Å². The maximum Gasteiger partial charge on any atom is 0.339 e. The van der Waals surface area contributed by atoms with E-state index in [-0.39, 0.29) is 17.1 Å². The molecule has 8 nitrogen and oxygen atoms in total. The number of fused-ring (bicyclic) bond motifs is 1. The van der Waals surface area contributed by atoms with Gasteiger partial charge in [0.15, 0.2) is 0 Å². The fourth-order valence-corrected chi connectivity index (χ4v) is 3.68. The molecule has 1 N–H and O–H groups in total. The van der Waals surface area contributed by atoms with Gasteiger partial charge in [-0.3, -0.25) is 15.0 Å². The molecule has 0 radical (unpaired) electrons. The van der Waals surface area contributed by atoms with Crippen LogP contribution in [0.2, 0.25) is 0 Å². The van der Waals surface area contributed by atoms with Crippen molar-refractivity contribution >= 4 is 28.8 Å². The summed E-state index contributed by atoms with van der Waals surface area (Å²) in [5.41, 5.74) is 1.19. The van der Waals surface area contributed by atoms with E-state index in [2.05, 4.69) is 31.4 Å². The summed E-state index contributed by atoms with van der Waals surface area (Å²) in [6.45, 7) is 3.17. The minimum Gasteiger partial charge on any atom is -0.465 e. The monoisotopic (exact) mass is 362 g/mol. The van der Waals surface area contributed by atoms with Crippen LogP contribution in [0.25, 0.3) is 0 Å². The van der Waals surface area contributed by atoms with Gasteiger partial charge in [0, 0.05) is 43.3 Å². The number of methoxy groups -OCH3 is 1. The summed E-state index contributed by atoms with van der Waals surface area (Å²) < 4.78 is 4.57. The van der Waals surface area contributed by atoms with Gasteiger partial charge in [0.2, 0.25) is 5.82 Å². The first kappa shape index (κ1) is 17.3. The molecule has 3 rings (SSSR count). The van der Waals surface area contributed by atoms with E-state index in [0.717, 1.165) is 26.1 Å². The highest BCUT2D eigenvalue weighted by Gasteiger charge is 2.20. The molecule has 0 bridgehead atoms. The molecular formula is C16H18N4O4S. The minimum absolute atomic E-state index is 0.0563. The topological polar surface area (TPSA) is 97.6 Å². The van der Waals surface area contributed by atoms with Crippen LogP contribution in [0, 0.1) is 10.1 Å². The van der Waals surface area contributed by atoms with Crippen LogP contribution in [0.5, 0.6) is 0 Å². The molecule has 0 saturated heterocycles. The number of esters is 1. The molecule has 2 aromatic rings. The summed E-state index contributed by atoms with van der Waals surface area (Å²) in [5.74, 6) is -0.493. The predicted molar refractivity (Wildman–Crippen MR) is 94.0 cm³/mol. The Bertz CT molecular complexity index is 792. The second kappa shape index (κ2) is 7.58. The summed E-state index contributed by atoms with van der Waals surface area (Å²) in [7, 11) is 1.22. The van der Waals surface area contributed by atoms with E-state index in [4.69, 9.17) is 0 Å². The molecule has 0 unspecified atom stereocenters. The van der Waals surface area contributed by atoms with Gasteiger partial charge in [-0.25, -0.2) is 9.78 Å². The maximum absolute atomic E-state index is 11.5. The number of rotatable bonds is 6. The SMILES string of the molecule is COC(=O)c1cnc(NCCN2CCc3sccc3C2)c([N+](=O)[O-])c1. The zero-order valence-electron chi connectivity index (χ0n) is 13.7. The summed E-state index contributed by atoms with van der Waals surface area (Å²) in [5, 5.41) is 16.3. The fourth-order valence-electron chi connectivity index (χ4n) is 2.79. The number of ether oxygens (including phenoxy) is 1. The number of aromatic nitrogens is 1. The standard InChI is InChI=1S/C16H18N4O4S/c1-24-16(21)12-8-13(20(22)23)15(18-9-12)17-4-6-19-5-2-14-11(10-19)3-7-25-14/h3,7-9H,2,4-6,10H2,1H3,(H,17,18). The molecule has 25 heavy (non-hydrogen) atoms. The molecule has 1 aliphatic rings. The third kappa shape index (κ3) is 3.94. The zero-order chi connectivity index (χ0) is 17.8. The van der Waals surface area contributed by atoms with Gasteiger partial charge < -0.3 is 10.1 Å². The molecule has 2 aromatic heterocycles. The van der Waals surface area contributed by atoms with E-state index < -0.39 is 10.9 Å². The lowest BCUT2D eigenvalue weighted by Crippen LogP contribution is -2.33. The van der Waals surface area contributed by atoms with Crippen molar-refractivity contribution in [2.45, 2.75) is 13.0 Å². The van der Waals surface area contributed by atoms with Crippen molar-refractivity contribution in [1.82, 2.24) is 9.88 Å². The highest BCUT2D eigenvalue weighted by molar-refractivity contribution is 7.10. The third-order valence-electron chi connectivity index (χ3n) is 4.09. The molecule has 132 valence electrons. The second-order valence-corrected chi connectivity index (χ2v) is 6.66. The first-order valence-corrected chi connectivity index (χ1v) is 8.70. The van der Waals surface area contributed by atoms with Gasteiger partial charge in [-0.2, -0.15) is 0 Å². The number of thiophene rings is 1. The van der Waals surface area contributed by atoms with Crippen LogP contribution in [0.15, 0.2) is 23.7 Å². The molecule has 3 heterocycles. The van der Waals surface area contributed by atoms with Crippen molar-refractivity contribution in [3.63, 3.8) is 0 Å². The Hall–Kier alpha value is -2.52. The summed E-state index contributed by atoms with van der Waals surface area (Å²) in [4.78, 5) is 29.9. The largest absolute Gasteiger partial charge is 0.465 e. The lowest BCUT2D eigenvalue weighted by Gasteiger charge is -2.26. The van der Waals surface area contributed by atoms with Crippen molar-refractivity contribution in [3.05, 3.63) is 49.8 Å². The quantitative estimate of drug-likeness (QED) is 0.478. The Kier molecular flexibility index (Phi) is 5.25. The van der Waals surface area contributed by atoms with Crippen molar-refractivity contribution in [2.75, 3.05) is 32.1 Å². The number of nitro groups is 1. The number of carbonyl (C=O) groups is 1. The van der Waals surface area contributed by atoms with E-state index in [1.807, 2.05) is 0 Å². The van der Waals surface area contributed by atoms with Gasteiger partial charge in [-0.05, 0) is 23.4 Å². The van der Waals surface area contributed by atoms with Crippen LogP contribution in [0.3, 0.4) is 0 Å². The Morgan fingerprint density at radius 2 is 2.40 bits per heavy atom. The van der Waals surface area contributed by atoms with E-state index in [0.29, 0.717) is 6.54 Å². The van der Waals surface area contributed by atoms with Crippen LogP contribution in [-0.2, 0) is 17.7 Å².